The Labute approximate surface area is 120 Å². The Morgan fingerprint density at radius 2 is 2.20 bits per heavy atom. The molecule has 3 nitrogen and oxygen atoms in total. The number of rotatable bonds is 3. The Morgan fingerprint density at radius 3 is 2.85 bits per heavy atom. The number of alkyl halides is 1. The molecule has 0 amide bonds. The van der Waals surface area contributed by atoms with Gasteiger partial charge in [0.05, 0.1) is 0 Å². The van der Waals surface area contributed by atoms with Gasteiger partial charge in [-0.15, -0.1) is 11.6 Å². The molecule has 20 heavy (non-hydrogen) atoms. The standard InChI is InChI=1S/C15H12ClFN2O/c16-7-13-18-15(19-20-13)14-10-5-8(6-11(10)14)9-3-1-2-4-12(9)17/h1-5,10-11,14H,6-7H2. The van der Waals surface area contributed by atoms with E-state index in [4.69, 9.17) is 16.1 Å². The average molecular weight is 291 g/mol. The van der Waals surface area contributed by atoms with Gasteiger partial charge in [0.1, 0.15) is 11.7 Å². The molecule has 0 radical (unpaired) electrons. The van der Waals surface area contributed by atoms with Crippen molar-refractivity contribution < 1.29 is 8.91 Å². The highest BCUT2D eigenvalue weighted by Crippen LogP contribution is 2.62. The Morgan fingerprint density at radius 1 is 1.35 bits per heavy atom. The van der Waals surface area contributed by atoms with E-state index >= 15 is 0 Å². The van der Waals surface area contributed by atoms with Crippen LogP contribution < -0.4 is 0 Å². The van der Waals surface area contributed by atoms with Crippen LogP contribution in [-0.2, 0) is 5.88 Å². The van der Waals surface area contributed by atoms with E-state index in [-0.39, 0.29) is 11.7 Å². The molecule has 0 spiro atoms. The predicted octanol–water partition coefficient (Wildman–Crippen LogP) is 3.76. The number of halogens is 2. The topological polar surface area (TPSA) is 38.9 Å². The van der Waals surface area contributed by atoms with E-state index < -0.39 is 0 Å². The lowest BCUT2D eigenvalue weighted by atomic mass is 10.0. The van der Waals surface area contributed by atoms with Crippen molar-refractivity contribution in [1.29, 1.82) is 0 Å². The van der Waals surface area contributed by atoms with Gasteiger partial charge in [-0.25, -0.2) is 4.39 Å². The van der Waals surface area contributed by atoms with Crippen molar-refractivity contribution in [2.75, 3.05) is 0 Å². The van der Waals surface area contributed by atoms with Gasteiger partial charge in [0.2, 0.25) is 5.89 Å². The largest absolute Gasteiger partial charge is 0.338 e. The van der Waals surface area contributed by atoms with Gasteiger partial charge in [0, 0.05) is 11.5 Å². The van der Waals surface area contributed by atoms with E-state index in [0.29, 0.717) is 29.2 Å². The van der Waals surface area contributed by atoms with Crippen LogP contribution in [0.2, 0.25) is 0 Å². The lowest BCUT2D eigenvalue weighted by Gasteiger charge is -2.06. The van der Waals surface area contributed by atoms with Gasteiger partial charge in [-0.05, 0) is 29.9 Å². The van der Waals surface area contributed by atoms with Crippen LogP contribution in [0.5, 0.6) is 0 Å². The van der Waals surface area contributed by atoms with Crippen molar-refractivity contribution in [3.05, 3.63) is 53.4 Å². The number of hydrogen-bond acceptors (Lipinski definition) is 3. The normalized spacial score (nSPS) is 27.3. The third kappa shape index (κ3) is 1.79. The van der Waals surface area contributed by atoms with Crippen molar-refractivity contribution in [1.82, 2.24) is 10.1 Å². The van der Waals surface area contributed by atoms with Crippen molar-refractivity contribution in [2.24, 2.45) is 11.8 Å². The van der Waals surface area contributed by atoms with Crippen LogP contribution in [0.3, 0.4) is 0 Å². The smallest absolute Gasteiger partial charge is 0.241 e. The number of nitrogens with zero attached hydrogens (tertiary/aromatic N) is 2. The van der Waals surface area contributed by atoms with E-state index in [1.54, 1.807) is 6.07 Å². The van der Waals surface area contributed by atoms with Crippen LogP contribution in [0.1, 0.15) is 29.6 Å². The zero-order valence-electron chi connectivity index (χ0n) is 10.6. The summed E-state index contributed by atoms with van der Waals surface area (Å²) in [6.45, 7) is 0. The lowest BCUT2D eigenvalue weighted by Crippen LogP contribution is -1.94. The van der Waals surface area contributed by atoms with Gasteiger partial charge in [-0.3, -0.25) is 0 Å². The zero-order valence-corrected chi connectivity index (χ0v) is 11.3. The number of aromatic nitrogens is 2. The molecule has 1 fully saturated rings. The van der Waals surface area contributed by atoms with Crippen LogP contribution in [0.25, 0.3) is 5.57 Å². The van der Waals surface area contributed by atoms with Crippen molar-refractivity contribution in [3.8, 4) is 0 Å². The molecule has 1 aromatic heterocycles. The molecule has 1 aromatic carbocycles. The summed E-state index contributed by atoms with van der Waals surface area (Å²) in [5.41, 5.74) is 1.81. The predicted molar refractivity (Wildman–Crippen MR) is 72.6 cm³/mol. The van der Waals surface area contributed by atoms with Crippen LogP contribution in [0.4, 0.5) is 4.39 Å². The van der Waals surface area contributed by atoms with Crippen LogP contribution >= 0.6 is 11.6 Å². The highest BCUT2D eigenvalue weighted by atomic mass is 35.5. The Hall–Kier alpha value is -1.68. The van der Waals surface area contributed by atoms with Gasteiger partial charge in [0.15, 0.2) is 5.82 Å². The van der Waals surface area contributed by atoms with Gasteiger partial charge >= 0.3 is 0 Å². The number of hydrogen-bond donors (Lipinski definition) is 0. The minimum Gasteiger partial charge on any atom is -0.338 e. The highest BCUT2D eigenvalue weighted by molar-refractivity contribution is 6.16. The quantitative estimate of drug-likeness (QED) is 0.808. The van der Waals surface area contributed by atoms with Crippen LogP contribution in [0, 0.1) is 17.7 Å². The Balaban J connectivity index is 1.56. The van der Waals surface area contributed by atoms with Crippen LogP contribution in [-0.4, -0.2) is 10.1 Å². The highest BCUT2D eigenvalue weighted by Gasteiger charge is 2.55. The first-order valence-corrected chi connectivity index (χ1v) is 7.15. The van der Waals surface area contributed by atoms with Gasteiger partial charge < -0.3 is 4.52 Å². The summed E-state index contributed by atoms with van der Waals surface area (Å²) in [4.78, 5) is 4.28. The average Bonchev–Trinajstić information content (AvgIpc) is 2.87. The second-order valence-corrected chi connectivity index (χ2v) is 5.59. The summed E-state index contributed by atoms with van der Waals surface area (Å²) in [6.07, 6.45) is 3.03. The molecule has 2 aromatic rings. The maximum atomic E-state index is 13.8. The summed E-state index contributed by atoms with van der Waals surface area (Å²) in [5, 5.41) is 3.97. The fourth-order valence-corrected chi connectivity index (χ4v) is 3.30. The van der Waals surface area contributed by atoms with E-state index in [1.165, 1.54) is 6.07 Å². The van der Waals surface area contributed by atoms with E-state index in [9.17, 15) is 4.39 Å². The summed E-state index contributed by atoms with van der Waals surface area (Å²) in [5.74, 6) is 2.48. The lowest BCUT2D eigenvalue weighted by molar-refractivity contribution is 0.383. The van der Waals surface area contributed by atoms with Crippen molar-refractivity contribution in [3.63, 3.8) is 0 Å². The van der Waals surface area contributed by atoms with Crippen LogP contribution in [0.15, 0.2) is 34.9 Å². The molecule has 5 heteroatoms. The van der Waals surface area contributed by atoms with E-state index in [1.807, 2.05) is 12.1 Å². The second kappa shape index (κ2) is 4.42. The van der Waals surface area contributed by atoms with E-state index in [2.05, 4.69) is 16.2 Å². The molecular formula is C15H12ClFN2O. The SMILES string of the molecule is Fc1ccccc1C1=CC2C(C1)C2c1noc(CCl)n1. The summed E-state index contributed by atoms with van der Waals surface area (Å²) in [7, 11) is 0. The Bertz CT molecular complexity index is 697. The molecular weight excluding hydrogens is 279 g/mol. The molecule has 2 aliphatic carbocycles. The molecule has 4 rings (SSSR count). The summed E-state index contributed by atoms with van der Waals surface area (Å²) >= 11 is 5.66. The third-order valence-corrected chi connectivity index (χ3v) is 4.42. The van der Waals surface area contributed by atoms with Gasteiger partial charge in [-0.1, -0.05) is 29.4 Å². The molecule has 1 heterocycles. The monoisotopic (exact) mass is 290 g/mol. The molecule has 3 atom stereocenters. The molecule has 2 aliphatic rings. The minimum absolute atomic E-state index is 0.152. The molecule has 3 unspecified atom stereocenters. The minimum atomic E-state index is -0.152. The van der Waals surface area contributed by atoms with Crippen molar-refractivity contribution >= 4 is 17.2 Å². The van der Waals surface area contributed by atoms with Gasteiger partial charge in [-0.2, -0.15) is 4.98 Å². The fraction of sp³-hybridized carbons (Fsp3) is 0.333. The summed E-state index contributed by atoms with van der Waals surface area (Å²) in [6, 6.07) is 6.92. The molecule has 102 valence electrons. The third-order valence-electron chi connectivity index (χ3n) is 4.19. The number of fused-ring (bicyclic) bond motifs is 1. The first kappa shape index (κ1) is 12.1. The molecule has 0 bridgehead atoms. The number of benzene rings is 1. The fourth-order valence-electron chi connectivity index (χ4n) is 3.19. The maximum absolute atomic E-state index is 13.8. The molecule has 1 saturated carbocycles. The zero-order chi connectivity index (χ0) is 13.7. The first-order valence-electron chi connectivity index (χ1n) is 6.62. The molecule has 0 N–H and O–H groups in total. The second-order valence-electron chi connectivity index (χ2n) is 5.32. The maximum Gasteiger partial charge on any atom is 0.241 e. The summed E-state index contributed by atoms with van der Waals surface area (Å²) < 4.78 is 18.8. The van der Waals surface area contributed by atoms with Crippen molar-refractivity contribution in [2.45, 2.75) is 18.2 Å². The van der Waals surface area contributed by atoms with Gasteiger partial charge in [0.25, 0.3) is 0 Å². The molecule has 0 aliphatic heterocycles. The number of allylic oxidation sites excluding steroid dienone is 2. The van der Waals surface area contributed by atoms with E-state index in [0.717, 1.165) is 17.8 Å². The molecule has 0 saturated heterocycles. The first-order chi connectivity index (χ1) is 9.78. The Kier molecular flexibility index (Phi) is 2.67.